The van der Waals surface area contributed by atoms with Crippen molar-refractivity contribution in [2.45, 2.75) is 26.4 Å². The lowest BCUT2D eigenvalue weighted by molar-refractivity contribution is 0.0944. The van der Waals surface area contributed by atoms with Gasteiger partial charge >= 0.3 is 0 Å². The van der Waals surface area contributed by atoms with E-state index >= 15 is 0 Å². The summed E-state index contributed by atoms with van der Waals surface area (Å²) < 4.78 is 42.9. The minimum Gasteiger partial charge on any atom is -0.389 e. The van der Waals surface area contributed by atoms with Crippen LogP contribution in [0, 0.1) is 24.4 Å². The summed E-state index contributed by atoms with van der Waals surface area (Å²) in [5.41, 5.74) is 2.47. The van der Waals surface area contributed by atoms with Crippen molar-refractivity contribution >= 4 is 11.5 Å². The predicted molar refractivity (Wildman–Crippen MR) is 113 cm³/mol. The lowest BCUT2D eigenvalue weighted by Gasteiger charge is -2.19. The van der Waals surface area contributed by atoms with Crippen LogP contribution in [-0.2, 0) is 0 Å². The van der Waals surface area contributed by atoms with E-state index in [0.717, 1.165) is 29.0 Å². The number of aromatic nitrogens is 3. The summed E-state index contributed by atoms with van der Waals surface area (Å²) in [7, 11) is 0. The third-order valence-corrected chi connectivity index (χ3v) is 4.81. The van der Waals surface area contributed by atoms with Gasteiger partial charge in [0.25, 0.3) is 0 Å². The van der Waals surface area contributed by atoms with E-state index in [0.29, 0.717) is 11.5 Å². The van der Waals surface area contributed by atoms with Crippen LogP contribution < -0.4 is 5.32 Å². The number of nitrogens with zero attached hydrogens (tertiary/aromatic N) is 3. The van der Waals surface area contributed by atoms with Crippen LogP contribution in [0.4, 0.5) is 19.0 Å². The number of benzene rings is 2. The predicted octanol–water partition coefficient (Wildman–Crippen LogP) is 4.97. The van der Waals surface area contributed by atoms with Crippen LogP contribution in [0.1, 0.15) is 19.4 Å². The number of halogens is 3. The highest BCUT2D eigenvalue weighted by molar-refractivity contribution is 5.74. The van der Waals surface area contributed by atoms with Crippen molar-refractivity contribution < 1.29 is 18.3 Å². The zero-order valence-electron chi connectivity index (χ0n) is 17.2. The van der Waals surface area contributed by atoms with Gasteiger partial charge in [0, 0.05) is 23.9 Å². The summed E-state index contributed by atoms with van der Waals surface area (Å²) in [5.74, 6) is -3.81. The van der Waals surface area contributed by atoms with Crippen molar-refractivity contribution in [2.24, 2.45) is 0 Å². The zero-order chi connectivity index (χ0) is 22.3. The van der Waals surface area contributed by atoms with Crippen LogP contribution in [0.15, 0.2) is 48.8 Å². The Morgan fingerprint density at radius 1 is 1.03 bits per heavy atom. The molecule has 0 saturated carbocycles. The van der Waals surface area contributed by atoms with E-state index in [4.69, 9.17) is 0 Å². The monoisotopic (exact) mass is 426 g/mol. The number of hydrogen-bond acceptors (Lipinski definition) is 4. The summed E-state index contributed by atoms with van der Waals surface area (Å²) >= 11 is 0. The Balaban J connectivity index is 1.92. The van der Waals surface area contributed by atoms with Crippen LogP contribution in [0.5, 0.6) is 0 Å². The summed E-state index contributed by atoms with van der Waals surface area (Å²) in [4.78, 5) is 8.90. The Morgan fingerprint density at radius 2 is 1.68 bits per heavy atom. The Labute approximate surface area is 177 Å². The normalized spacial score (nSPS) is 11.8. The zero-order valence-corrected chi connectivity index (χ0v) is 17.2. The van der Waals surface area contributed by atoms with E-state index < -0.39 is 23.1 Å². The maximum absolute atomic E-state index is 13.9. The first-order valence-corrected chi connectivity index (χ1v) is 9.69. The van der Waals surface area contributed by atoms with Gasteiger partial charge in [-0.2, -0.15) is 0 Å². The molecule has 4 rings (SSSR count). The number of hydrogen-bond donors (Lipinski definition) is 2. The first-order chi connectivity index (χ1) is 14.6. The van der Waals surface area contributed by atoms with Gasteiger partial charge in [0.1, 0.15) is 0 Å². The lowest BCUT2D eigenvalue weighted by atomic mass is 10.1. The fraction of sp³-hybridized carbons (Fsp3) is 0.217. The summed E-state index contributed by atoms with van der Waals surface area (Å²) in [6.07, 6.45) is 3.27. The molecule has 4 aromatic rings. The molecule has 0 aliphatic carbocycles. The second-order valence-corrected chi connectivity index (χ2v) is 8.10. The number of aryl methyl sites for hydroxylation is 1. The molecule has 0 fully saturated rings. The lowest BCUT2D eigenvalue weighted by Crippen LogP contribution is -2.29. The van der Waals surface area contributed by atoms with Gasteiger partial charge in [-0.05, 0) is 32.9 Å². The van der Waals surface area contributed by atoms with Gasteiger partial charge < -0.3 is 10.4 Å². The minimum atomic E-state index is -1.53. The Hall–Kier alpha value is -3.39. The van der Waals surface area contributed by atoms with Crippen molar-refractivity contribution in [3.05, 3.63) is 71.8 Å². The number of imidazole rings is 1. The fourth-order valence-corrected chi connectivity index (χ4v) is 3.19. The molecule has 0 bridgehead atoms. The van der Waals surface area contributed by atoms with Crippen LogP contribution in [-0.4, -0.2) is 31.6 Å². The maximum atomic E-state index is 13.9. The third kappa shape index (κ3) is 4.25. The van der Waals surface area contributed by atoms with Crippen molar-refractivity contribution in [2.75, 3.05) is 11.9 Å². The van der Waals surface area contributed by atoms with Gasteiger partial charge in [0.05, 0.1) is 23.2 Å². The second kappa shape index (κ2) is 7.70. The smallest absolute Gasteiger partial charge is 0.194 e. The number of anilines is 1. The fourth-order valence-electron chi connectivity index (χ4n) is 3.19. The third-order valence-electron chi connectivity index (χ3n) is 4.81. The molecule has 0 unspecified atom stereocenters. The highest BCUT2D eigenvalue weighted by Gasteiger charge is 2.19. The molecule has 160 valence electrons. The van der Waals surface area contributed by atoms with E-state index in [2.05, 4.69) is 15.3 Å². The first-order valence-electron chi connectivity index (χ1n) is 9.69. The second-order valence-electron chi connectivity index (χ2n) is 8.10. The summed E-state index contributed by atoms with van der Waals surface area (Å²) in [6, 6.07) is 9.62. The highest BCUT2D eigenvalue weighted by atomic mass is 19.2. The van der Waals surface area contributed by atoms with Gasteiger partial charge in [-0.15, -0.1) is 0 Å². The topological polar surface area (TPSA) is 62.5 Å². The van der Waals surface area contributed by atoms with Gasteiger partial charge in [0.2, 0.25) is 0 Å². The van der Waals surface area contributed by atoms with Crippen LogP contribution in [0.25, 0.3) is 28.2 Å². The summed E-state index contributed by atoms with van der Waals surface area (Å²) in [6.45, 7) is 5.42. The van der Waals surface area contributed by atoms with Crippen molar-refractivity contribution in [3.8, 4) is 22.5 Å². The average Bonchev–Trinajstić information content (AvgIpc) is 3.14. The highest BCUT2D eigenvalue weighted by Crippen LogP contribution is 2.29. The quantitative estimate of drug-likeness (QED) is 0.442. The number of nitrogens with one attached hydrogen (secondary N) is 1. The maximum Gasteiger partial charge on any atom is 0.194 e. The molecule has 0 radical (unpaired) electrons. The van der Waals surface area contributed by atoms with Gasteiger partial charge in [-0.25, -0.2) is 23.1 Å². The molecule has 0 atom stereocenters. The molecule has 0 aliphatic rings. The number of aliphatic hydroxyl groups is 1. The molecule has 8 heteroatoms. The van der Waals surface area contributed by atoms with Crippen LogP contribution >= 0.6 is 0 Å². The van der Waals surface area contributed by atoms with Crippen LogP contribution in [0.2, 0.25) is 0 Å². The molecule has 31 heavy (non-hydrogen) atoms. The molecule has 2 aromatic heterocycles. The van der Waals surface area contributed by atoms with Gasteiger partial charge in [-0.1, -0.05) is 29.8 Å². The molecule has 0 aliphatic heterocycles. The first kappa shape index (κ1) is 20.9. The number of rotatable bonds is 5. The molecule has 2 N–H and O–H groups in total. The van der Waals surface area contributed by atoms with E-state index in [1.54, 1.807) is 30.6 Å². The molecular formula is C23H21F3N4O. The molecule has 0 saturated heterocycles. The Kier molecular flexibility index (Phi) is 5.18. The minimum absolute atomic E-state index is 0.0770. The van der Waals surface area contributed by atoms with Crippen molar-refractivity contribution in [1.29, 1.82) is 0 Å². The molecule has 2 heterocycles. The molecule has 0 amide bonds. The van der Waals surface area contributed by atoms with Gasteiger partial charge in [0.15, 0.2) is 28.9 Å². The Bertz CT molecular complexity index is 1240. The van der Waals surface area contributed by atoms with Crippen LogP contribution in [0.3, 0.4) is 0 Å². The van der Waals surface area contributed by atoms with Crippen molar-refractivity contribution in [3.63, 3.8) is 0 Å². The average molecular weight is 426 g/mol. The van der Waals surface area contributed by atoms with E-state index in [1.807, 2.05) is 31.2 Å². The van der Waals surface area contributed by atoms with E-state index in [1.165, 1.54) is 0 Å². The Morgan fingerprint density at radius 3 is 2.29 bits per heavy atom. The summed E-state index contributed by atoms with van der Waals surface area (Å²) in [5, 5.41) is 13.1. The van der Waals surface area contributed by atoms with E-state index in [9.17, 15) is 18.3 Å². The number of fused-ring (bicyclic) bond motifs is 1. The molecule has 5 nitrogen and oxygen atoms in total. The molecular weight excluding hydrogens is 405 g/mol. The largest absolute Gasteiger partial charge is 0.389 e. The van der Waals surface area contributed by atoms with Crippen molar-refractivity contribution in [1.82, 2.24) is 14.4 Å². The molecule has 2 aromatic carbocycles. The van der Waals surface area contributed by atoms with Gasteiger partial charge in [-0.3, -0.25) is 4.40 Å². The van der Waals surface area contributed by atoms with E-state index in [-0.39, 0.29) is 17.8 Å². The SMILES string of the molecule is Cc1ccc(-c2cnc3c(NCC(C)(C)O)nc(-c4cc(F)c(F)c(F)c4)cn23)cc1. The standard InChI is InChI=1S/C23H21F3N4O/c1-13-4-6-14(7-5-13)19-10-27-22-21(28-12-23(2,3)31)29-18(11-30(19)22)15-8-16(24)20(26)17(25)9-15/h4-11,31H,12H2,1-3H3,(H,28,29). The molecule has 0 spiro atoms.